The van der Waals surface area contributed by atoms with E-state index in [-0.39, 0.29) is 13.2 Å². The Morgan fingerprint density at radius 1 is 0.828 bits per heavy atom. The number of aryl methyl sites for hydroxylation is 1. The Morgan fingerprint density at radius 3 is 1.90 bits per heavy atom. The number of fused-ring (bicyclic) bond motifs is 1. The fourth-order valence-corrected chi connectivity index (χ4v) is 2.97. The predicted molar refractivity (Wildman–Crippen MR) is 118 cm³/mol. The summed E-state index contributed by atoms with van der Waals surface area (Å²) in [6, 6.07) is 10.6. The van der Waals surface area contributed by atoms with Crippen LogP contribution in [0.3, 0.4) is 0 Å². The average Bonchev–Trinajstić information content (AvgIpc) is 2.67. The molecule has 0 aliphatic heterocycles. The highest BCUT2D eigenvalue weighted by atomic mass is 16.5. The Kier molecular flexibility index (Phi) is 9.17. The fraction of sp³-hybridized carbons (Fsp3) is 0.565. The molecule has 0 bridgehead atoms. The Morgan fingerprint density at radius 2 is 1.34 bits per heavy atom. The maximum Gasteiger partial charge on any atom is 0.169 e. The molecule has 2 atom stereocenters. The third-order valence-corrected chi connectivity index (χ3v) is 4.51. The third-order valence-electron chi connectivity index (χ3n) is 4.51. The molecule has 6 nitrogen and oxygen atoms in total. The lowest BCUT2D eigenvalue weighted by Gasteiger charge is -2.21. The van der Waals surface area contributed by atoms with Gasteiger partial charge >= 0.3 is 0 Å². The van der Waals surface area contributed by atoms with E-state index in [9.17, 15) is 10.2 Å². The van der Waals surface area contributed by atoms with Gasteiger partial charge in [0, 0.05) is 30.6 Å². The maximum atomic E-state index is 10.3. The molecule has 0 saturated heterocycles. The summed E-state index contributed by atoms with van der Waals surface area (Å²) in [7, 11) is 0. The second kappa shape index (κ2) is 11.4. The van der Waals surface area contributed by atoms with Gasteiger partial charge < -0.3 is 30.3 Å². The van der Waals surface area contributed by atoms with Crippen LogP contribution >= 0.6 is 0 Å². The van der Waals surface area contributed by atoms with E-state index in [0.717, 1.165) is 16.3 Å². The normalized spacial score (nSPS) is 13.8. The van der Waals surface area contributed by atoms with Gasteiger partial charge in [0.25, 0.3) is 0 Å². The Balaban J connectivity index is 2.17. The molecule has 0 radical (unpaired) electrons. The molecule has 0 aliphatic rings. The first kappa shape index (κ1) is 23.4. The molecule has 2 aromatic carbocycles. The molecule has 29 heavy (non-hydrogen) atoms. The van der Waals surface area contributed by atoms with Crippen LogP contribution in [0, 0.1) is 6.92 Å². The lowest BCUT2D eigenvalue weighted by Crippen LogP contribution is -2.35. The lowest BCUT2D eigenvalue weighted by molar-refractivity contribution is 0.0913. The van der Waals surface area contributed by atoms with Crippen LogP contribution in [0.5, 0.6) is 11.5 Å². The number of hydrogen-bond acceptors (Lipinski definition) is 6. The van der Waals surface area contributed by atoms with Crippen LogP contribution in [0.2, 0.25) is 0 Å². The average molecular weight is 405 g/mol. The van der Waals surface area contributed by atoms with Gasteiger partial charge in [-0.25, -0.2) is 0 Å². The highest BCUT2D eigenvalue weighted by molar-refractivity contribution is 5.91. The van der Waals surface area contributed by atoms with Gasteiger partial charge in [-0.05, 0) is 23.9 Å². The molecule has 2 aromatic rings. The summed E-state index contributed by atoms with van der Waals surface area (Å²) < 4.78 is 12.0. The van der Waals surface area contributed by atoms with Crippen LogP contribution in [0.4, 0.5) is 0 Å². The van der Waals surface area contributed by atoms with E-state index >= 15 is 0 Å². The van der Waals surface area contributed by atoms with Crippen molar-refractivity contribution >= 4 is 10.8 Å². The van der Waals surface area contributed by atoms with Crippen LogP contribution in [0.15, 0.2) is 30.3 Å². The molecule has 0 fully saturated rings. The largest absolute Gasteiger partial charge is 0.487 e. The van der Waals surface area contributed by atoms with Crippen molar-refractivity contribution in [3.8, 4) is 11.5 Å². The highest BCUT2D eigenvalue weighted by Crippen LogP contribution is 2.39. The van der Waals surface area contributed by atoms with Crippen LogP contribution < -0.4 is 20.1 Å². The number of rotatable bonds is 12. The van der Waals surface area contributed by atoms with Crippen molar-refractivity contribution in [2.45, 2.75) is 58.9 Å². The predicted octanol–water partition coefficient (Wildman–Crippen LogP) is 2.62. The van der Waals surface area contributed by atoms with Crippen molar-refractivity contribution in [2.75, 3.05) is 26.3 Å². The highest BCUT2D eigenvalue weighted by Gasteiger charge is 2.17. The maximum absolute atomic E-state index is 10.3. The van der Waals surface area contributed by atoms with Crippen molar-refractivity contribution in [1.29, 1.82) is 0 Å². The number of aliphatic hydroxyl groups is 2. The van der Waals surface area contributed by atoms with Crippen molar-refractivity contribution in [2.24, 2.45) is 0 Å². The van der Waals surface area contributed by atoms with E-state index in [4.69, 9.17) is 9.47 Å². The van der Waals surface area contributed by atoms with Gasteiger partial charge in [0.05, 0.1) is 0 Å². The van der Waals surface area contributed by atoms with E-state index < -0.39 is 12.2 Å². The zero-order valence-corrected chi connectivity index (χ0v) is 18.2. The van der Waals surface area contributed by atoms with Crippen molar-refractivity contribution in [3.63, 3.8) is 0 Å². The number of aliphatic hydroxyl groups excluding tert-OH is 2. The van der Waals surface area contributed by atoms with E-state index in [0.29, 0.717) is 36.7 Å². The monoisotopic (exact) mass is 404 g/mol. The SMILES string of the molecule is Cc1cc2ccccc2c(OCC(O)CNC(C)C)c1OCC(O)CNC(C)C. The minimum Gasteiger partial charge on any atom is -0.487 e. The fourth-order valence-electron chi connectivity index (χ4n) is 2.97. The van der Waals surface area contributed by atoms with Gasteiger partial charge in [-0.1, -0.05) is 52.0 Å². The van der Waals surface area contributed by atoms with E-state index in [1.165, 1.54) is 0 Å². The van der Waals surface area contributed by atoms with Crippen LogP contribution in [-0.4, -0.2) is 60.8 Å². The number of hydrogen-bond donors (Lipinski definition) is 4. The van der Waals surface area contributed by atoms with Gasteiger partial charge in [0.1, 0.15) is 25.4 Å². The molecule has 0 saturated carbocycles. The minimum atomic E-state index is -0.634. The molecule has 0 amide bonds. The molecule has 2 unspecified atom stereocenters. The van der Waals surface area contributed by atoms with Crippen LogP contribution in [0.1, 0.15) is 33.3 Å². The topological polar surface area (TPSA) is 83.0 Å². The molecule has 2 rings (SSSR count). The first-order chi connectivity index (χ1) is 13.8. The van der Waals surface area contributed by atoms with Gasteiger partial charge in [-0.2, -0.15) is 0 Å². The molecule has 0 heterocycles. The van der Waals surface area contributed by atoms with Crippen LogP contribution in [0.25, 0.3) is 10.8 Å². The molecular weight excluding hydrogens is 368 g/mol. The van der Waals surface area contributed by atoms with Crippen molar-refractivity contribution < 1.29 is 19.7 Å². The molecule has 0 aliphatic carbocycles. The summed E-state index contributed by atoms with van der Waals surface area (Å²) >= 11 is 0. The first-order valence-electron chi connectivity index (χ1n) is 10.4. The standard InChI is InChI=1S/C23H36N2O4/c1-15(2)24-11-19(26)13-28-22-17(5)10-18-8-6-7-9-21(18)23(22)29-14-20(27)12-25-16(3)4/h6-10,15-16,19-20,24-27H,11-14H2,1-5H3. The number of ether oxygens (including phenoxy) is 2. The molecule has 0 spiro atoms. The molecular formula is C23H36N2O4. The van der Waals surface area contributed by atoms with Crippen LogP contribution in [-0.2, 0) is 0 Å². The lowest BCUT2D eigenvalue weighted by atomic mass is 10.1. The first-order valence-corrected chi connectivity index (χ1v) is 10.4. The molecule has 0 aromatic heterocycles. The molecule has 4 N–H and O–H groups in total. The minimum absolute atomic E-state index is 0.154. The summed E-state index contributed by atoms with van der Waals surface area (Å²) in [5.41, 5.74) is 0.928. The third kappa shape index (κ3) is 7.48. The van der Waals surface area contributed by atoms with Crippen molar-refractivity contribution in [3.05, 3.63) is 35.9 Å². The zero-order chi connectivity index (χ0) is 21.4. The quantitative estimate of drug-likeness (QED) is 0.435. The van der Waals surface area contributed by atoms with Crippen molar-refractivity contribution in [1.82, 2.24) is 10.6 Å². The summed E-state index contributed by atoms with van der Waals surface area (Å²) in [5.74, 6) is 1.21. The summed E-state index contributed by atoms with van der Waals surface area (Å²) in [4.78, 5) is 0. The molecule has 162 valence electrons. The summed E-state index contributed by atoms with van der Waals surface area (Å²) in [5, 5.41) is 28.9. The van der Waals surface area contributed by atoms with E-state index in [1.54, 1.807) is 0 Å². The zero-order valence-electron chi connectivity index (χ0n) is 18.2. The smallest absolute Gasteiger partial charge is 0.169 e. The number of benzene rings is 2. The Labute approximate surface area is 174 Å². The van der Waals surface area contributed by atoms with E-state index in [1.807, 2.05) is 65.0 Å². The van der Waals surface area contributed by atoms with Gasteiger partial charge in [0.2, 0.25) is 0 Å². The van der Waals surface area contributed by atoms with E-state index in [2.05, 4.69) is 10.6 Å². The Hall–Kier alpha value is -1.86. The summed E-state index contributed by atoms with van der Waals surface area (Å²) in [6.07, 6.45) is -1.26. The number of nitrogens with one attached hydrogen (secondary N) is 2. The summed E-state index contributed by atoms with van der Waals surface area (Å²) in [6.45, 7) is 11.3. The van der Waals surface area contributed by atoms with Gasteiger partial charge in [-0.3, -0.25) is 0 Å². The second-order valence-corrected chi connectivity index (χ2v) is 8.13. The Bertz CT molecular complexity index is 764. The van der Waals surface area contributed by atoms with Gasteiger partial charge in [-0.15, -0.1) is 0 Å². The molecule has 6 heteroatoms. The van der Waals surface area contributed by atoms with Gasteiger partial charge in [0.15, 0.2) is 11.5 Å². The second-order valence-electron chi connectivity index (χ2n) is 8.13.